The van der Waals surface area contributed by atoms with Gasteiger partial charge in [0.25, 0.3) is 0 Å². The van der Waals surface area contributed by atoms with Crippen LogP contribution in [0.15, 0.2) is 0 Å². The fourth-order valence-electron chi connectivity index (χ4n) is 2.82. The second kappa shape index (κ2) is 6.87. The summed E-state index contributed by atoms with van der Waals surface area (Å²) in [7, 11) is 0. The lowest BCUT2D eigenvalue weighted by Crippen LogP contribution is -2.52. The average molecular weight is 286 g/mol. The van der Waals surface area contributed by atoms with Gasteiger partial charge in [-0.25, -0.2) is 0 Å². The minimum atomic E-state index is -0.885. The molecule has 0 aromatic carbocycles. The van der Waals surface area contributed by atoms with Gasteiger partial charge >= 0.3 is 5.97 Å². The molecule has 0 aromatic rings. The molecule has 0 aromatic heterocycles. The van der Waals surface area contributed by atoms with E-state index in [1.54, 1.807) is 13.8 Å². The summed E-state index contributed by atoms with van der Waals surface area (Å²) in [6.45, 7) is 13.0. The fraction of sp³-hybridized carbons (Fsp3) is 0.933. The predicted octanol–water partition coefficient (Wildman–Crippen LogP) is 1.55. The zero-order chi connectivity index (χ0) is 15.4. The first-order valence-electron chi connectivity index (χ1n) is 7.52. The molecule has 2 unspecified atom stereocenters. The first-order valence-corrected chi connectivity index (χ1v) is 7.52. The second-order valence-electron chi connectivity index (χ2n) is 6.66. The van der Waals surface area contributed by atoms with Crippen LogP contribution in [0.4, 0.5) is 0 Å². The number of morpholine rings is 1. The van der Waals surface area contributed by atoms with Gasteiger partial charge < -0.3 is 15.2 Å². The van der Waals surface area contributed by atoms with Crippen molar-refractivity contribution in [2.75, 3.05) is 26.2 Å². The molecule has 0 saturated carbocycles. The van der Waals surface area contributed by atoms with E-state index in [0.717, 1.165) is 26.1 Å². The molecular formula is C15H30N2O3. The summed E-state index contributed by atoms with van der Waals surface area (Å²) < 4.78 is 10.9. The Morgan fingerprint density at radius 2 is 2.20 bits per heavy atom. The summed E-state index contributed by atoms with van der Waals surface area (Å²) in [6, 6.07) is 0. The van der Waals surface area contributed by atoms with Crippen LogP contribution < -0.4 is 5.73 Å². The first kappa shape index (κ1) is 17.4. The molecule has 1 aliphatic rings. The molecule has 118 valence electrons. The van der Waals surface area contributed by atoms with Gasteiger partial charge in [-0.05, 0) is 54.0 Å². The number of nitrogens with zero attached hydrogens (tertiary/aromatic N) is 1. The largest absolute Gasteiger partial charge is 0.465 e. The minimum Gasteiger partial charge on any atom is -0.465 e. The Balaban J connectivity index is 2.38. The van der Waals surface area contributed by atoms with Crippen molar-refractivity contribution in [3.63, 3.8) is 0 Å². The number of esters is 1. The van der Waals surface area contributed by atoms with E-state index in [2.05, 4.69) is 25.7 Å². The Hall–Kier alpha value is -0.650. The summed E-state index contributed by atoms with van der Waals surface area (Å²) >= 11 is 0. The zero-order valence-electron chi connectivity index (χ0n) is 13.6. The highest BCUT2D eigenvalue weighted by Gasteiger charge is 2.32. The van der Waals surface area contributed by atoms with Crippen LogP contribution in [0, 0.1) is 0 Å². The van der Waals surface area contributed by atoms with E-state index >= 15 is 0 Å². The van der Waals surface area contributed by atoms with Crippen molar-refractivity contribution in [3.05, 3.63) is 0 Å². The van der Waals surface area contributed by atoms with Crippen molar-refractivity contribution in [2.24, 2.45) is 5.73 Å². The molecule has 5 heteroatoms. The molecule has 2 atom stereocenters. The first-order chi connectivity index (χ1) is 9.16. The maximum absolute atomic E-state index is 11.7. The molecule has 0 amide bonds. The number of hydrogen-bond acceptors (Lipinski definition) is 5. The average Bonchev–Trinajstić information content (AvgIpc) is 2.26. The van der Waals surface area contributed by atoms with Crippen molar-refractivity contribution in [3.8, 4) is 0 Å². The number of ether oxygens (including phenoxy) is 2. The quantitative estimate of drug-likeness (QED) is 0.750. The summed E-state index contributed by atoms with van der Waals surface area (Å²) in [5, 5.41) is 0. The van der Waals surface area contributed by atoms with Crippen LogP contribution >= 0.6 is 0 Å². The van der Waals surface area contributed by atoms with Crippen LogP contribution in [0.1, 0.15) is 47.5 Å². The Bertz CT molecular complexity index is 329. The van der Waals surface area contributed by atoms with Crippen molar-refractivity contribution >= 4 is 5.97 Å². The lowest BCUT2D eigenvalue weighted by Gasteiger charge is -2.42. The molecule has 0 aliphatic carbocycles. The molecule has 1 aliphatic heterocycles. The van der Waals surface area contributed by atoms with Crippen LogP contribution in [0.25, 0.3) is 0 Å². The van der Waals surface area contributed by atoms with Crippen molar-refractivity contribution in [1.82, 2.24) is 4.90 Å². The fourth-order valence-corrected chi connectivity index (χ4v) is 2.82. The molecule has 0 bridgehead atoms. The standard InChI is InChI=1S/C15H30N2O3/c1-6-19-13(18)15(5,16)8-7-9-17-10-12(2)20-14(3,4)11-17/h12H,6-11,16H2,1-5H3. The van der Waals surface area contributed by atoms with E-state index < -0.39 is 5.54 Å². The van der Waals surface area contributed by atoms with Gasteiger partial charge in [0, 0.05) is 13.1 Å². The van der Waals surface area contributed by atoms with Gasteiger partial charge in [0.15, 0.2) is 0 Å². The third-order valence-electron chi connectivity index (χ3n) is 3.55. The maximum Gasteiger partial charge on any atom is 0.325 e. The van der Waals surface area contributed by atoms with Gasteiger partial charge in [-0.3, -0.25) is 9.69 Å². The Labute approximate surface area is 122 Å². The van der Waals surface area contributed by atoms with Gasteiger partial charge in [-0.15, -0.1) is 0 Å². The zero-order valence-corrected chi connectivity index (χ0v) is 13.6. The number of nitrogens with two attached hydrogens (primary N) is 1. The number of carbonyl (C=O) groups excluding carboxylic acids is 1. The highest BCUT2D eigenvalue weighted by atomic mass is 16.5. The summed E-state index contributed by atoms with van der Waals surface area (Å²) in [5.41, 5.74) is 5.03. The number of carbonyl (C=O) groups is 1. The third-order valence-corrected chi connectivity index (χ3v) is 3.55. The molecule has 0 radical (unpaired) electrons. The third kappa shape index (κ3) is 5.38. The minimum absolute atomic E-state index is 0.106. The van der Waals surface area contributed by atoms with E-state index in [1.807, 2.05) is 0 Å². The molecule has 20 heavy (non-hydrogen) atoms. The van der Waals surface area contributed by atoms with Gasteiger partial charge in [-0.1, -0.05) is 0 Å². The summed E-state index contributed by atoms with van der Waals surface area (Å²) in [4.78, 5) is 14.1. The Kier molecular flexibility index (Phi) is 5.98. The topological polar surface area (TPSA) is 64.8 Å². The Morgan fingerprint density at radius 1 is 1.55 bits per heavy atom. The van der Waals surface area contributed by atoms with Crippen molar-refractivity contribution in [2.45, 2.75) is 64.7 Å². The van der Waals surface area contributed by atoms with E-state index in [4.69, 9.17) is 15.2 Å². The van der Waals surface area contributed by atoms with Crippen LogP contribution in [-0.2, 0) is 14.3 Å². The van der Waals surface area contributed by atoms with Gasteiger partial charge in [0.05, 0.1) is 18.3 Å². The monoisotopic (exact) mass is 286 g/mol. The van der Waals surface area contributed by atoms with Gasteiger partial charge in [0.1, 0.15) is 5.54 Å². The molecule has 0 spiro atoms. The van der Waals surface area contributed by atoms with Crippen LogP contribution in [-0.4, -0.2) is 54.4 Å². The Morgan fingerprint density at radius 3 is 2.75 bits per heavy atom. The maximum atomic E-state index is 11.7. The van der Waals surface area contributed by atoms with Crippen molar-refractivity contribution in [1.29, 1.82) is 0 Å². The van der Waals surface area contributed by atoms with E-state index in [-0.39, 0.29) is 17.7 Å². The molecular weight excluding hydrogens is 256 g/mol. The van der Waals surface area contributed by atoms with Crippen LogP contribution in [0.2, 0.25) is 0 Å². The van der Waals surface area contributed by atoms with Crippen LogP contribution in [0.3, 0.4) is 0 Å². The summed E-state index contributed by atoms with van der Waals surface area (Å²) in [5.74, 6) is -0.310. The summed E-state index contributed by atoms with van der Waals surface area (Å²) in [6.07, 6.45) is 1.76. The molecule has 1 fully saturated rings. The smallest absolute Gasteiger partial charge is 0.325 e. The SMILES string of the molecule is CCOC(=O)C(C)(N)CCCN1CC(C)OC(C)(C)C1. The predicted molar refractivity (Wildman–Crippen MR) is 79.5 cm³/mol. The second-order valence-corrected chi connectivity index (χ2v) is 6.66. The molecule has 1 saturated heterocycles. The normalized spacial score (nSPS) is 26.0. The molecule has 1 rings (SSSR count). The van der Waals surface area contributed by atoms with Gasteiger partial charge in [0.2, 0.25) is 0 Å². The number of hydrogen-bond donors (Lipinski definition) is 1. The lowest BCUT2D eigenvalue weighted by atomic mass is 9.96. The lowest BCUT2D eigenvalue weighted by molar-refractivity contribution is -0.149. The molecule has 2 N–H and O–H groups in total. The van der Waals surface area contributed by atoms with E-state index in [9.17, 15) is 4.79 Å². The van der Waals surface area contributed by atoms with E-state index in [1.165, 1.54) is 0 Å². The van der Waals surface area contributed by atoms with Crippen LogP contribution in [0.5, 0.6) is 0 Å². The highest BCUT2D eigenvalue weighted by molar-refractivity contribution is 5.79. The molecule has 5 nitrogen and oxygen atoms in total. The van der Waals surface area contributed by atoms with Gasteiger partial charge in [-0.2, -0.15) is 0 Å². The van der Waals surface area contributed by atoms with E-state index in [0.29, 0.717) is 13.0 Å². The highest BCUT2D eigenvalue weighted by Crippen LogP contribution is 2.21. The molecule has 1 heterocycles. The number of rotatable bonds is 6. The van der Waals surface area contributed by atoms with Crippen molar-refractivity contribution < 1.29 is 14.3 Å².